The van der Waals surface area contributed by atoms with Gasteiger partial charge in [-0.1, -0.05) is 44.2 Å². The topological polar surface area (TPSA) is 67.4 Å². The first-order valence-corrected chi connectivity index (χ1v) is 8.28. The molecule has 2 amide bonds. The van der Waals surface area contributed by atoms with Gasteiger partial charge in [0.1, 0.15) is 12.2 Å². The molecule has 0 saturated carbocycles. The number of ether oxygens (including phenoxy) is 1. The van der Waals surface area contributed by atoms with Gasteiger partial charge in [0.15, 0.2) is 0 Å². The zero-order chi connectivity index (χ0) is 18.2. The molecule has 2 aromatic rings. The van der Waals surface area contributed by atoms with Crippen LogP contribution in [0.25, 0.3) is 0 Å². The van der Waals surface area contributed by atoms with E-state index in [-0.39, 0.29) is 18.2 Å². The van der Waals surface area contributed by atoms with E-state index >= 15 is 0 Å². The van der Waals surface area contributed by atoms with Gasteiger partial charge < -0.3 is 15.4 Å². The molecule has 5 heteroatoms. The number of para-hydroxylation sites is 1. The van der Waals surface area contributed by atoms with Gasteiger partial charge in [0, 0.05) is 17.8 Å². The Hall–Kier alpha value is -2.82. The average molecular weight is 340 g/mol. The Kier molecular flexibility index (Phi) is 6.57. The van der Waals surface area contributed by atoms with Crippen molar-refractivity contribution in [3.63, 3.8) is 0 Å². The van der Waals surface area contributed by atoms with Crippen molar-refractivity contribution in [2.75, 3.05) is 12.4 Å². The number of hydrogen-bond acceptors (Lipinski definition) is 3. The number of carbonyl (C=O) groups excluding carboxylic acids is 2. The fraction of sp³-hybridized carbons (Fsp3) is 0.300. The Morgan fingerprint density at radius 1 is 1.00 bits per heavy atom. The van der Waals surface area contributed by atoms with E-state index < -0.39 is 0 Å². The van der Waals surface area contributed by atoms with E-state index in [0.717, 1.165) is 5.56 Å². The van der Waals surface area contributed by atoms with Crippen molar-refractivity contribution in [2.45, 2.75) is 32.7 Å². The number of benzene rings is 2. The largest absolute Gasteiger partial charge is 0.496 e. The van der Waals surface area contributed by atoms with E-state index in [1.165, 1.54) is 5.56 Å². The van der Waals surface area contributed by atoms with Crippen LogP contribution in [0.4, 0.5) is 5.69 Å². The van der Waals surface area contributed by atoms with E-state index in [4.69, 9.17) is 4.74 Å². The van der Waals surface area contributed by atoms with Gasteiger partial charge in [0.05, 0.1) is 7.11 Å². The average Bonchev–Trinajstić information content (AvgIpc) is 2.60. The maximum absolute atomic E-state index is 12.0. The molecule has 2 N–H and O–H groups in total. The second-order valence-electron chi connectivity index (χ2n) is 6.09. The highest BCUT2D eigenvalue weighted by atomic mass is 16.5. The van der Waals surface area contributed by atoms with Crippen LogP contribution in [0.5, 0.6) is 5.75 Å². The third kappa shape index (κ3) is 5.64. The summed E-state index contributed by atoms with van der Waals surface area (Å²) < 4.78 is 5.23. The van der Waals surface area contributed by atoms with Crippen molar-refractivity contribution in [3.8, 4) is 5.75 Å². The molecule has 0 fully saturated rings. The lowest BCUT2D eigenvalue weighted by molar-refractivity contribution is -0.126. The summed E-state index contributed by atoms with van der Waals surface area (Å²) in [5, 5.41) is 5.47. The van der Waals surface area contributed by atoms with Crippen LogP contribution in [-0.2, 0) is 16.1 Å². The Balaban J connectivity index is 1.82. The van der Waals surface area contributed by atoms with Gasteiger partial charge in [-0.2, -0.15) is 0 Å². The number of methoxy groups -OCH3 is 1. The molecule has 5 nitrogen and oxygen atoms in total. The van der Waals surface area contributed by atoms with Gasteiger partial charge >= 0.3 is 0 Å². The van der Waals surface area contributed by atoms with Crippen LogP contribution in [-0.4, -0.2) is 18.9 Å². The molecular formula is C20H24N2O3. The molecule has 0 aliphatic heterocycles. The SMILES string of the molecule is COc1ccccc1CNC(=O)CC(=O)Nc1ccc(C(C)C)cc1. The van der Waals surface area contributed by atoms with Gasteiger partial charge in [-0.3, -0.25) is 9.59 Å². The van der Waals surface area contributed by atoms with Crippen LogP contribution in [0, 0.1) is 0 Å². The normalized spacial score (nSPS) is 10.4. The molecule has 0 aliphatic carbocycles. The molecule has 2 aromatic carbocycles. The Bertz CT molecular complexity index is 724. The van der Waals surface area contributed by atoms with E-state index in [1.807, 2.05) is 48.5 Å². The van der Waals surface area contributed by atoms with Crippen LogP contribution in [0.1, 0.15) is 37.3 Å². The van der Waals surface area contributed by atoms with E-state index in [0.29, 0.717) is 23.9 Å². The zero-order valence-electron chi connectivity index (χ0n) is 14.8. The monoisotopic (exact) mass is 340 g/mol. The van der Waals surface area contributed by atoms with E-state index in [9.17, 15) is 9.59 Å². The van der Waals surface area contributed by atoms with Gasteiger partial charge in [0.2, 0.25) is 11.8 Å². The molecule has 0 heterocycles. The summed E-state index contributed by atoms with van der Waals surface area (Å²) in [4.78, 5) is 23.9. The lowest BCUT2D eigenvalue weighted by Crippen LogP contribution is -2.27. The van der Waals surface area contributed by atoms with Crippen LogP contribution in [0.3, 0.4) is 0 Å². The number of carbonyl (C=O) groups is 2. The van der Waals surface area contributed by atoms with Gasteiger partial charge in [-0.25, -0.2) is 0 Å². The molecule has 0 aromatic heterocycles. The second-order valence-corrected chi connectivity index (χ2v) is 6.09. The van der Waals surface area contributed by atoms with E-state index in [2.05, 4.69) is 24.5 Å². The van der Waals surface area contributed by atoms with Crippen molar-refractivity contribution in [3.05, 3.63) is 59.7 Å². The first-order chi connectivity index (χ1) is 12.0. The van der Waals surface area contributed by atoms with Crippen LogP contribution < -0.4 is 15.4 Å². The molecule has 0 atom stereocenters. The minimum atomic E-state index is -0.338. The smallest absolute Gasteiger partial charge is 0.233 e. The molecular weight excluding hydrogens is 316 g/mol. The molecule has 0 saturated heterocycles. The Morgan fingerprint density at radius 2 is 1.68 bits per heavy atom. The number of anilines is 1. The lowest BCUT2D eigenvalue weighted by Gasteiger charge is -2.10. The molecule has 0 radical (unpaired) electrons. The molecule has 0 spiro atoms. The van der Waals surface area contributed by atoms with E-state index in [1.54, 1.807) is 7.11 Å². The summed E-state index contributed by atoms with van der Waals surface area (Å²) >= 11 is 0. The van der Waals surface area contributed by atoms with Gasteiger partial charge in [-0.05, 0) is 29.7 Å². The van der Waals surface area contributed by atoms with Crippen LogP contribution >= 0.6 is 0 Å². The Morgan fingerprint density at radius 3 is 2.32 bits per heavy atom. The quantitative estimate of drug-likeness (QED) is 0.759. The lowest BCUT2D eigenvalue weighted by atomic mass is 10.0. The first-order valence-electron chi connectivity index (χ1n) is 8.28. The predicted molar refractivity (Wildman–Crippen MR) is 98.6 cm³/mol. The number of amides is 2. The van der Waals surface area contributed by atoms with Crippen molar-refractivity contribution in [2.24, 2.45) is 0 Å². The summed E-state index contributed by atoms with van der Waals surface area (Å²) in [5.74, 6) is 0.472. The highest BCUT2D eigenvalue weighted by molar-refractivity contribution is 6.03. The summed E-state index contributed by atoms with van der Waals surface area (Å²) in [6.45, 7) is 4.54. The highest BCUT2D eigenvalue weighted by Gasteiger charge is 2.11. The molecule has 0 bridgehead atoms. The first kappa shape index (κ1) is 18.5. The summed E-state index contributed by atoms with van der Waals surface area (Å²) in [6, 6.07) is 15.1. The predicted octanol–water partition coefficient (Wildman–Crippen LogP) is 3.46. The highest BCUT2D eigenvalue weighted by Crippen LogP contribution is 2.18. The molecule has 0 unspecified atom stereocenters. The van der Waals surface area contributed by atoms with Gasteiger partial charge in [-0.15, -0.1) is 0 Å². The zero-order valence-corrected chi connectivity index (χ0v) is 14.8. The van der Waals surface area contributed by atoms with Crippen molar-refractivity contribution < 1.29 is 14.3 Å². The third-order valence-electron chi connectivity index (χ3n) is 3.85. The van der Waals surface area contributed by atoms with Crippen molar-refractivity contribution in [1.82, 2.24) is 5.32 Å². The van der Waals surface area contributed by atoms with Gasteiger partial charge in [0.25, 0.3) is 0 Å². The molecule has 25 heavy (non-hydrogen) atoms. The fourth-order valence-corrected chi connectivity index (χ4v) is 2.41. The summed E-state index contributed by atoms with van der Waals surface area (Å²) in [6.07, 6.45) is -0.221. The molecule has 0 aliphatic rings. The van der Waals surface area contributed by atoms with Crippen LogP contribution in [0.2, 0.25) is 0 Å². The number of hydrogen-bond donors (Lipinski definition) is 2. The summed E-state index contributed by atoms with van der Waals surface area (Å²) in [7, 11) is 1.58. The maximum Gasteiger partial charge on any atom is 0.233 e. The third-order valence-corrected chi connectivity index (χ3v) is 3.85. The van der Waals surface area contributed by atoms with Crippen molar-refractivity contribution in [1.29, 1.82) is 0 Å². The second kappa shape index (κ2) is 8.87. The molecule has 132 valence electrons. The standard InChI is InChI=1S/C20H24N2O3/c1-14(2)15-8-10-17(11-9-15)22-20(24)12-19(23)21-13-16-6-4-5-7-18(16)25-3/h4-11,14H,12-13H2,1-3H3,(H,21,23)(H,22,24). The van der Waals surface area contributed by atoms with Crippen molar-refractivity contribution >= 4 is 17.5 Å². The van der Waals surface area contributed by atoms with Crippen LogP contribution in [0.15, 0.2) is 48.5 Å². The minimum Gasteiger partial charge on any atom is -0.496 e. The molecule has 2 rings (SSSR count). The fourth-order valence-electron chi connectivity index (χ4n) is 2.41. The number of rotatable bonds is 7. The Labute approximate surface area is 148 Å². The summed E-state index contributed by atoms with van der Waals surface area (Å²) in [5.41, 5.74) is 2.75. The number of nitrogens with one attached hydrogen (secondary N) is 2. The maximum atomic E-state index is 12.0. The minimum absolute atomic E-state index is 0.221.